The lowest BCUT2D eigenvalue weighted by molar-refractivity contribution is 0.470. The third kappa shape index (κ3) is 1.12. The molecule has 0 unspecified atom stereocenters. The Morgan fingerprint density at radius 2 is 2.27 bits per heavy atom. The fraction of sp³-hybridized carbons (Fsp3) is 0.500. The molecule has 1 aromatic heterocycles. The van der Waals surface area contributed by atoms with Gasteiger partial charge in [0.05, 0.1) is 6.54 Å². The van der Waals surface area contributed by atoms with Crippen molar-refractivity contribution < 1.29 is 4.42 Å². The molecule has 3 heteroatoms. The Balaban J connectivity index is 2.11. The first kappa shape index (κ1) is 6.73. The average molecular weight is 152 g/mol. The van der Waals surface area contributed by atoms with Crippen LogP contribution >= 0.6 is 0 Å². The maximum atomic E-state index is 5.44. The second-order valence-electron chi connectivity index (χ2n) is 2.78. The highest BCUT2D eigenvalue weighted by molar-refractivity contribution is 5.38. The number of rotatable bonds is 2. The summed E-state index contributed by atoms with van der Waals surface area (Å²) in [5, 5.41) is 0. The summed E-state index contributed by atoms with van der Waals surface area (Å²) in [5.41, 5.74) is 5.41. The van der Waals surface area contributed by atoms with Crippen molar-refractivity contribution in [1.29, 1.82) is 0 Å². The molecule has 2 rings (SSSR count). The summed E-state index contributed by atoms with van der Waals surface area (Å²) in [6.07, 6.45) is 1.28. The lowest BCUT2D eigenvalue weighted by Gasteiger charge is -2.30. The van der Waals surface area contributed by atoms with Crippen molar-refractivity contribution in [3.8, 4) is 0 Å². The summed E-state index contributed by atoms with van der Waals surface area (Å²) < 4.78 is 5.44. The van der Waals surface area contributed by atoms with Gasteiger partial charge in [-0.1, -0.05) is 0 Å². The van der Waals surface area contributed by atoms with Gasteiger partial charge in [0.25, 0.3) is 0 Å². The summed E-state index contributed by atoms with van der Waals surface area (Å²) >= 11 is 0. The fourth-order valence-corrected chi connectivity index (χ4v) is 1.18. The van der Waals surface area contributed by atoms with Crippen molar-refractivity contribution in [2.24, 2.45) is 5.73 Å². The molecule has 0 amide bonds. The molecule has 60 valence electrons. The van der Waals surface area contributed by atoms with Crippen LogP contribution in [0, 0.1) is 0 Å². The van der Waals surface area contributed by atoms with Gasteiger partial charge in [0, 0.05) is 19.2 Å². The highest BCUT2D eigenvalue weighted by Crippen LogP contribution is 2.22. The Hall–Kier alpha value is -0.960. The minimum atomic E-state index is 0.494. The number of nitrogens with zero attached hydrogens (tertiary/aromatic N) is 1. The van der Waals surface area contributed by atoms with Crippen molar-refractivity contribution in [2.45, 2.75) is 13.0 Å². The predicted octanol–water partition coefficient (Wildman–Crippen LogP) is 0.948. The van der Waals surface area contributed by atoms with Crippen LogP contribution in [0.2, 0.25) is 0 Å². The van der Waals surface area contributed by atoms with E-state index in [-0.39, 0.29) is 0 Å². The molecule has 2 heterocycles. The molecule has 0 saturated carbocycles. The second-order valence-corrected chi connectivity index (χ2v) is 2.78. The summed E-state index contributed by atoms with van der Waals surface area (Å²) in [7, 11) is 0. The number of nitrogens with two attached hydrogens (primary N) is 1. The van der Waals surface area contributed by atoms with Gasteiger partial charge in [-0.05, 0) is 12.5 Å². The average Bonchev–Trinajstić information content (AvgIpc) is 2.32. The third-order valence-electron chi connectivity index (χ3n) is 2.02. The molecule has 0 bridgehead atoms. The minimum absolute atomic E-state index is 0.494. The minimum Gasteiger partial charge on any atom is -0.444 e. The fourth-order valence-electron chi connectivity index (χ4n) is 1.18. The van der Waals surface area contributed by atoms with Gasteiger partial charge >= 0.3 is 0 Å². The van der Waals surface area contributed by atoms with E-state index in [2.05, 4.69) is 4.90 Å². The lowest BCUT2D eigenvalue weighted by atomic mass is 10.2. The summed E-state index contributed by atoms with van der Waals surface area (Å²) in [4.78, 5) is 2.21. The highest BCUT2D eigenvalue weighted by atomic mass is 16.4. The molecule has 2 N–H and O–H groups in total. The van der Waals surface area contributed by atoms with E-state index < -0.39 is 0 Å². The van der Waals surface area contributed by atoms with Gasteiger partial charge in [-0.2, -0.15) is 0 Å². The Bertz CT molecular complexity index is 240. The van der Waals surface area contributed by atoms with Gasteiger partial charge in [0.2, 0.25) is 0 Å². The van der Waals surface area contributed by atoms with E-state index in [1.807, 2.05) is 12.1 Å². The smallest absolute Gasteiger partial charge is 0.195 e. The molecular formula is C8H12N2O. The Morgan fingerprint density at radius 3 is 2.73 bits per heavy atom. The largest absolute Gasteiger partial charge is 0.444 e. The van der Waals surface area contributed by atoms with E-state index in [0.29, 0.717) is 6.54 Å². The zero-order valence-corrected chi connectivity index (χ0v) is 6.42. The van der Waals surface area contributed by atoms with Gasteiger partial charge in [-0.15, -0.1) is 0 Å². The lowest BCUT2D eigenvalue weighted by Crippen LogP contribution is -2.36. The molecular weight excluding hydrogens is 140 g/mol. The normalized spacial score (nSPS) is 16.6. The van der Waals surface area contributed by atoms with Crippen molar-refractivity contribution >= 4 is 5.88 Å². The molecule has 3 nitrogen and oxygen atoms in total. The van der Waals surface area contributed by atoms with Crippen molar-refractivity contribution in [3.05, 3.63) is 17.9 Å². The Kier molecular flexibility index (Phi) is 1.58. The van der Waals surface area contributed by atoms with Crippen LogP contribution in [-0.4, -0.2) is 13.1 Å². The third-order valence-corrected chi connectivity index (χ3v) is 2.02. The molecule has 11 heavy (non-hydrogen) atoms. The number of hydrogen-bond donors (Lipinski definition) is 1. The number of anilines is 1. The van der Waals surface area contributed by atoms with Crippen molar-refractivity contribution in [2.75, 3.05) is 18.0 Å². The summed E-state index contributed by atoms with van der Waals surface area (Å²) in [6, 6.07) is 3.93. The molecule has 1 aliphatic heterocycles. The van der Waals surface area contributed by atoms with E-state index in [0.717, 1.165) is 24.7 Å². The van der Waals surface area contributed by atoms with Crippen LogP contribution in [0.1, 0.15) is 12.2 Å². The highest BCUT2D eigenvalue weighted by Gasteiger charge is 2.16. The second kappa shape index (κ2) is 2.58. The van der Waals surface area contributed by atoms with Crippen LogP contribution in [0.4, 0.5) is 5.88 Å². The van der Waals surface area contributed by atoms with E-state index in [1.165, 1.54) is 6.42 Å². The SMILES string of the molecule is NCc1ccc(N2CCC2)o1. The summed E-state index contributed by atoms with van der Waals surface area (Å²) in [5.74, 6) is 1.84. The van der Waals surface area contributed by atoms with Crippen LogP contribution in [0.5, 0.6) is 0 Å². The van der Waals surface area contributed by atoms with Crippen molar-refractivity contribution in [3.63, 3.8) is 0 Å². The molecule has 1 fully saturated rings. The first-order chi connectivity index (χ1) is 5.40. The van der Waals surface area contributed by atoms with E-state index in [9.17, 15) is 0 Å². The van der Waals surface area contributed by atoms with Crippen LogP contribution in [0.15, 0.2) is 16.5 Å². The van der Waals surface area contributed by atoms with Crippen LogP contribution in [0.25, 0.3) is 0 Å². The first-order valence-electron chi connectivity index (χ1n) is 3.94. The van der Waals surface area contributed by atoms with E-state index >= 15 is 0 Å². The van der Waals surface area contributed by atoms with Crippen LogP contribution < -0.4 is 10.6 Å². The molecule has 1 aliphatic rings. The monoisotopic (exact) mass is 152 g/mol. The first-order valence-corrected chi connectivity index (χ1v) is 3.94. The molecule has 0 aliphatic carbocycles. The van der Waals surface area contributed by atoms with Gasteiger partial charge in [0.1, 0.15) is 5.76 Å². The quantitative estimate of drug-likeness (QED) is 0.686. The van der Waals surface area contributed by atoms with Gasteiger partial charge in [0.15, 0.2) is 5.88 Å². The maximum absolute atomic E-state index is 5.44. The zero-order chi connectivity index (χ0) is 7.68. The molecule has 0 aromatic carbocycles. The standard InChI is InChI=1S/C8H12N2O/c9-6-7-2-3-8(11-7)10-4-1-5-10/h2-3H,1,4-6,9H2. The van der Waals surface area contributed by atoms with Crippen LogP contribution in [-0.2, 0) is 6.54 Å². The molecule has 0 radical (unpaired) electrons. The van der Waals surface area contributed by atoms with Gasteiger partial charge < -0.3 is 15.1 Å². The Labute approximate surface area is 65.8 Å². The van der Waals surface area contributed by atoms with E-state index in [4.69, 9.17) is 10.2 Å². The number of hydrogen-bond acceptors (Lipinski definition) is 3. The number of furan rings is 1. The predicted molar refractivity (Wildman–Crippen MR) is 43.4 cm³/mol. The maximum Gasteiger partial charge on any atom is 0.195 e. The van der Waals surface area contributed by atoms with E-state index in [1.54, 1.807) is 0 Å². The van der Waals surface area contributed by atoms with Crippen molar-refractivity contribution in [1.82, 2.24) is 0 Å². The van der Waals surface area contributed by atoms with Crippen LogP contribution in [0.3, 0.4) is 0 Å². The molecule has 0 atom stereocenters. The summed E-state index contributed by atoms with van der Waals surface area (Å²) in [6.45, 7) is 2.74. The zero-order valence-electron chi connectivity index (χ0n) is 6.42. The van der Waals surface area contributed by atoms with Gasteiger partial charge in [-0.25, -0.2) is 0 Å². The topological polar surface area (TPSA) is 42.4 Å². The molecule has 0 spiro atoms. The molecule has 1 aromatic rings. The van der Waals surface area contributed by atoms with Gasteiger partial charge in [-0.3, -0.25) is 0 Å². The Morgan fingerprint density at radius 1 is 1.45 bits per heavy atom. The molecule has 1 saturated heterocycles.